The molecule has 3 N–H and O–H groups in total. The lowest BCUT2D eigenvalue weighted by molar-refractivity contribution is 0.294. The van der Waals surface area contributed by atoms with Crippen LogP contribution in [0.2, 0.25) is 0 Å². The van der Waals surface area contributed by atoms with Crippen LogP contribution < -0.4 is 10.5 Å². The van der Waals surface area contributed by atoms with Gasteiger partial charge in [0.1, 0.15) is 4.90 Å². The molecular weight excluding hydrogens is 264 g/mol. The molecule has 1 aliphatic carbocycles. The number of sulfonamides is 1. The zero-order chi connectivity index (χ0) is 13.9. The zero-order valence-corrected chi connectivity index (χ0v) is 12.1. The first kappa shape index (κ1) is 14.5. The van der Waals surface area contributed by atoms with Gasteiger partial charge < -0.3 is 5.73 Å². The summed E-state index contributed by atoms with van der Waals surface area (Å²) >= 11 is 0. The second kappa shape index (κ2) is 6.02. The van der Waals surface area contributed by atoms with Crippen LogP contribution in [0.1, 0.15) is 32.1 Å². The predicted octanol–water partition coefficient (Wildman–Crippen LogP) is 0.606. The highest BCUT2D eigenvalue weighted by Crippen LogP contribution is 2.26. The Balaban J connectivity index is 2.08. The van der Waals surface area contributed by atoms with Crippen LogP contribution in [-0.2, 0) is 17.1 Å². The van der Waals surface area contributed by atoms with Gasteiger partial charge in [0.05, 0.1) is 6.20 Å². The minimum absolute atomic E-state index is 0.175. The highest BCUT2D eigenvalue weighted by atomic mass is 32.2. The molecule has 0 amide bonds. The molecule has 1 aliphatic rings. The summed E-state index contributed by atoms with van der Waals surface area (Å²) in [6.07, 6.45) is 8.52. The fourth-order valence-electron chi connectivity index (χ4n) is 2.68. The van der Waals surface area contributed by atoms with Crippen LogP contribution in [0.5, 0.6) is 0 Å². The molecule has 0 saturated heterocycles. The average Bonchev–Trinajstić information content (AvgIpc) is 2.85. The Morgan fingerprint density at radius 3 is 2.68 bits per heavy atom. The fourth-order valence-corrected chi connectivity index (χ4v) is 3.98. The largest absolute Gasteiger partial charge is 0.329 e. The van der Waals surface area contributed by atoms with Crippen LogP contribution in [0.4, 0.5) is 0 Å². The zero-order valence-electron chi connectivity index (χ0n) is 11.2. The van der Waals surface area contributed by atoms with E-state index in [0.717, 1.165) is 25.7 Å². The lowest BCUT2D eigenvalue weighted by atomic mass is 9.84. The molecule has 1 saturated carbocycles. The highest BCUT2D eigenvalue weighted by Gasteiger charge is 2.27. The van der Waals surface area contributed by atoms with E-state index in [1.807, 2.05) is 0 Å². The van der Waals surface area contributed by atoms with Crippen molar-refractivity contribution in [3.8, 4) is 0 Å². The number of rotatable bonds is 5. The third-order valence-electron chi connectivity index (χ3n) is 3.77. The number of nitrogens with zero attached hydrogens (tertiary/aromatic N) is 2. The lowest BCUT2D eigenvalue weighted by Gasteiger charge is -2.29. The molecule has 2 rings (SSSR count). The molecule has 1 aromatic rings. The second-order valence-corrected chi connectivity index (χ2v) is 6.93. The van der Waals surface area contributed by atoms with Crippen LogP contribution in [0.15, 0.2) is 17.3 Å². The minimum atomic E-state index is -3.51. The van der Waals surface area contributed by atoms with Crippen LogP contribution in [0.25, 0.3) is 0 Å². The quantitative estimate of drug-likeness (QED) is 0.829. The smallest absolute Gasteiger partial charge is 0.243 e. The number of hydrogen-bond acceptors (Lipinski definition) is 4. The van der Waals surface area contributed by atoms with Crippen molar-refractivity contribution in [1.82, 2.24) is 14.5 Å². The van der Waals surface area contributed by atoms with E-state index in [2.05, 4.69) is 9.82 Å². The average molecular weight is 286 g/mol. The molecule has 1 heterocycles. The van der Waals surface area contributed by atoms with E-state index in [-0.39, 0.29) is 10.9 Å². The van der Waals surface area contributed by atoms with E-state index < -0.39 is 10.0 Å². The monoisotopic (exact) mass is 286 g/mol. The number of nitrogens with two attached hydrogens (primary N) is 1. The first-order valence-electron chi connectivity index (χ1n) is 6.74. The molecule has 0 aliphatic heterocycles. The molecule has 1 atom stereocenters. The molecule has 108 valence electrons. The SMILES string of the molecule is Cn1cc(S(=O)(=O)NC(CN)C2CCCCC2)cn1. The Hall–Kier alpha value is -0.920. The van der Waals surface area contributed by atoms with Crippen molar-refractivity contribution >= 4 is 10.0 Å². The Kier molecular flexibility index (Phi) is 4.59. The number of nitrogens with one attached hydrogen (secondary N) is 1. The number of aryl methyl sites for hydroxylation is 1. The highest BCUT2D eigenvalue weighted by molar-refractivity contribution is 7.89. The van der Waals surface area contributed by atoms with Crippen molar-refractivity contribution in [3.05, 3.63) is 12.4 Å². The third kappa shape index (κ3) is 3.55. The van der Waals surface area contributed by atoms with Gasteiger partial charge in [-0.1, -0.05) is 19.3 Å². The predicted molar refractivity (Wildman–Crippen MR) is 72.9 cm³/mol. The van der Waals surface area contributed by atoms with Gasteiger partial charge >= 0.3 is 0 Å². The molecule has 7 heteroatoms. The van der Waals surface area contributed by atoms with Crippen LogP contribution >= 0.6 is 0 Å². The lowest BCUT2D eigenvalue weighted by Crippen LogP contribution is -2.45. The van der Waals surface area contributed by atoms with Gasteiger partial charge in [0.25, 0.3) is 0 Å². The Morgan fingerprint density at radius 1 is 1.47 bits per heavy atom. The minimum Gasteiger partial charge on any atom is -0.329 e. The summed E-state index contributed by atoms with van der Waals surface area (Å²) in [4.78, 5) is 0.198. The van der Waals surface area contributed by atoms with Crippen molar-refractivity contribution in [2.75, 3.05) is 6.54 Å². The van der Waals surface area contributed by atoms with Crippen molar-refractivity contribution < 1.29 is 8.42 Å². The van der Waals surface area contributed by atoms with Gasteiger partial charge in [0.2, 0.25) is 10.0 Å². The van der Waals surface area contributed by atoms with Gasteiger partial charge in [-0.3, -0.25) is 4.68 Å². The summed E-state index contributed by atoms with van der Waals surface area (Å²) < 4.78 is 28.7. The maximum Gasteiger partial charge on any atom is 0.243 e. The molecule has 6 nitrogen and oxygen atoms in total. The molecule has 1 aromatic heterocycles. The summed E-state index contributed by atoms with van der Waals surface area (Å²) in [5, 5.41) is 3.89. The number of aromatic nitrogens is 2. The Morgan fingerprint density at radius 2 is 2.16 bits per heavy atom. The van der Waals surface area contributed by atoms with E-state index in [1.54, 1.807) is 7.05 Å². The maximum atomic E-state index is 12.2. The Labute approximate surface area is 114 Å². The van der Waals surface area contributed by atoms with Crippen LogP contribution in [-0.4, -0.2) is 30.8 Å². The molecule has 0 aromatic carbocycles. The maximum absolute atomic E-state index is 12.2. The van der Waals surface area contributed by atoms with Gasteiger partial charge in [0, 0.05) is 25.8 Å². The van der Waals surface area contributed by atoms with Crippen LogP contribution in [0, 0.1) is 5.92 Å². The normalized spacial score (nSPS) is 19.5. The standard InChI is InChI=1S/C12H22N4O2S/c1-16-9-11(8-14-16)19(17,18)15-12(7-13)10-5-3-2-4-6-10/h8-10,12,15H,2-7,13H2,1H3. The number of hydrogen-bond donors (Lipinski definition) is 2. The molecule has 1 fully saturated rings. The second-order valence-electron chi connectivity index (χ2n) is 5.21. The van der Waals surface area contributed by atoms with E-state index in [4.69, 9.17) is 5.73 Å². The van der Waals surface area contributed by atoms with Crippen LogP contribution in [0.3, 0.4) is 0 Å². The summed E-state index contributed by atoms with van der Waals surface area (Å²) in [6.45, 7) is 0.337. The van der Waals surface area contributed by atoms with Gasteiger partial charge in [0.15, 0.2) is 0 Å². The first-order valence-corrected chi connectivity index (χ1v) is 8.22. The topological polar surface area (TPSA) is 90.0 Å². The van der Waals surface area contributed by atoms with Gasteiger partial charge in [-0.15, -0.1) is 0 Å². The molecular formula is C12H22N4O2S. The molecule has 1 unspecified atom stereocenters. The Bertz CT molecular complexity index is 506. The van der Waals surface area contributed by atoms with E-state index in [1.165, 1.54) is 23.5 Å². The van der Waals surface area contributed by atoms with Crippen molar-refractivity contribution in [3.63, 3.8) is 0 Å². The van der Waals surface area contributed by atoms with Crippen molar-refractivity contribution in [2.45, 2.75) is 43.0 Å². The first-order chi connectivity index (χ1) is 9.03. The fraction of sp³-hybridized carbons (Fsp3) is 0.750. The van der Waals surface area contributed by atoms with Crippen molar-refractivity contribution in [2.24, 2.45) is 18.7 Å². The summed E-state index contributed by atoms with van der Waals surface area (Å²) in [7, 11) is -1.82. The summed E-state index contributed by atoms with van der Waals surface area (Å²) in [5.41, 5.74) is 5.75. The molecule has 0 spiro atoms. The molecule has 0 radical (unpaired) electrons. The summed E-state index contributed by atoms with van der Waals surface area (Å²) in [5.74, 6) is 0.352. The van der Waals surface area contributed by atoms with Crippen molar-refractivity contribution in [1.29, 1.82) is 0 Å². The van der Waals surface area contributed by atoms with Gasteiger partial charge in [-0.2, -0.15) is 5.10 Å². The van der Waals surface area contributed by atoms with E-state index >= 15 is 0 Å². The van der Waals surface area contributed by atoms with Gasteiger partial charge in [-0.25, -0.2) is 13.1 Å². The third-order valence-corrected chi connectivity index (χ3v) is 5.22. The van der Waals surface area contributed by atoms with Gasteiger partial charge in [-0.05, 0) is 18.8 Å². The van der Waals surface area contributed by atoms with E-state index in [9.17, 15) is 8.42 Å². The molecule has 0 bridgehead atoms. The molecule has 19 heavy (non-hydrogen) atoms. The summed E-state index contributed by atoms with van der Waals surface area (Å²) in [6, 6.07) is -0.175. The van der Waals surface area contributed by atoms with E-state index in [0.29, 0.717) is 12.5 Å².